The van der Waals surface area contributed by atoms with E-state index < -0.39 is 0 Å². The number of rotatable bonds is 6. The molecule has 108 valence electrons. The van der Waals surface area contributed by atoms with Crippen molar-refractivity contribution in [3.8, 4) is 0 Å². The van der Waals surface area contributed by atoms with Crippen LogP contribution in [0, 0.1) is 5.82 Å². The van der Waals surface area contributed by atoms with Gasteiger partial charge in [0.25, 0.3) is 0 Å². The van der Waals surface area contributed by atoms with Gasteiger partial charge in [-0.1, -0.05) is 18.2 Å². The Kier molecular flexibility index (Phi) is 5.29. The maximum Gasteiger partial charge on any atom is 0.128 e. The zero-order valence-corrected chi connectivity index (χ0v) is 12.8. The third-order valence-electron chi connectivity index (χ3n) is 3.60. The summed E-state index contributed by atoms with van der Waals surface area (Å²) in [5.74, 6) is -0.164. The molecule has 2 rings (SSSR count). The summed E-state index contributed by atoms with van der Waals surface area (Å²) in [5, 5.41) is 2.09. The van der Waals surface area contributed by atoms with Gasteiger partial charge in [-0.05, 0) is 43.5 Å². The Morgan fingerprint density at radius 1 is 1.35 bits per heavy atom. The van der Waals surface area contributed by atoms with Crippen LogP contribution in [0.2, 0.25) is 0 Å². The Morgan fingerprint density at radius 2 is 2.15 bits per heavy atom. The molecule has 2 nitrogen and oxygen atoms in total. The molecule has 20 heavy (non-hydrogen) atoms. The molecule has 1 aromatic heterocycles. The number of benzene rings is 1. The van der Waals surface area contributed by atoms with Crippen molar-refractivity contribution in [2.24, 2.45) is 5.73 Å². The Hall–Kier alpha value is -1.23. The third kappa shape index (κ3) is 3.88. The topological polar surface area (TPSA) is 29.3 Å². The van der Waals surface area contributed by atoms with E-state index in [1.807, 2.05) is 19.2 Å². The summed E-state index contributed by atoms with van der Waals surface area (Å²) >= 11 is 1.77. The Bertz CT molecular complexity index is 539. The van der Waals surface area contributed by atoms with Crippen molar-refractivity contribution in [2.75, 3.05) is 7.05 Å². The van der Waals surface area contributed by atoms with Gasteiger partial charge in [0.05, 0.1) is 0 Å². The highest BCUT2D eigenvalue weighted by atomic mass is 32.1. The van der Waals surface area contributed by atoms with Crippen molar-refractivity contribution in [2.45, 2.75) is 32.5 Å². The lowest BCUT2D eigenvalue weighted by atomic mass is 10.1. The first kappa shape index (κ1) is 15.2. The van der Waals surface area contributed by atoms with Gasteiger partial charge in [-0.15, -0.1) is 11.3 Å². The number of likely N-dealkylation sites (N-methyl/N-ethyl adjacent to an activating group) is 1. The Labute approximate surface area is 124 Å². The van der Waals surface area contributed by atoms with E-state index in [-0.39, 0.29) is 5.82 Å². The highest BCUT2D eigenvalue weighted by molar-refractivity contribution is 7.09. The summed E-state index contributed by atoms with van der Waals surface area (Å²) in [4.78, 5) is 3.54. The molecule has 0 bridgehead atoms. The molecule has 0 saturated heterocycles. The number of nitrogens with two attached hydrogens (primary N) is 1. The molecule has 0 amide bonds. The van der Waals surface area contributed by atoms with Crippen molar-refractivity contribution < 1.29 is 4.39 Å². The maximum absolute atomic E-state index is 14.0. The highest BCUT2D eigenvalue weighted by Crippen LogP contribution is 2.17. The van der Waals surface area contributed by atoms with Crippen LogP contribution in [0.4, 0.5) is 4.39 Å². The van der Waals surface area contributed by atoms with Crippen LogP contribution >= 0.6 is 11.3 Å². The fraction of sp³-hybridized carbons (Fsp3) is 0.375. The van der Waals surface area contributed by atoms with Gasteiger partial charge >= 0.3 is 0 Å². The fourth-order valence-electron chi connectivity index (χ4n) is 2.15. The molecular formula is C16H21FN2S. The number of halogens is 1. The number of nitrogens with zero attached hydrogens (tertiary/aromatic N) is 1. The van der Waals surface area contributed by atoms with Crippen LogP contribution < -0.4 is 5.73 Å². The van der Waals surface area contributed by atoms with Crippen LogP contribution in [0.3, 0.4) is 0 Å². The molecule has 0 aliphatic carbocycles. The van der Waals surface area contributed by atoms with Crippen molar-refractivity contribution in [1.29, 1.82) is 0 Å². The molecule has 0 saturated carbocycles. The van der Waals surface area contributed by atoms with E-state index in [0.717, 1.165) is 17.5 Å². The molecule has 1 atom stereocenters. The molecule has 0 aliphatic rings. The second kappa shape index (κ2) is 6.97. The van der Waals surface area contributed by atoms with Crippen molar-refractivity contribution in [1.82, 2.24) is 4.90 Å². The molecule has 0 radical (unpaired) electrons. The molecule has 4 heteroatoms. The third-order valence-corrected chi connectivity index (χ3v) is 4.50. The van der Waals surface area contributed by atoms with E-state index in [0.29, 0.717) is 19.1 Å². The van der Waals surface area contributed by atoms with Crippen LogP contribution in [0.15, 0.2) is 35.7 Å². The minimum Gasteiger partial charge on any atom is -0.326 e. The normalized spacial score (nSPS) is 12.8. The molecule has 0 fully saturated rings. The summed E-state index contributed by atoms with van der Waals surface area (Å²) in [6, 6.07) is 9.86. The first-order valence-corrected chi connectivity index (χ1v) is 7.68. The SMILES string of the molecule is CC(Cc1cccs1)N(C)Cc1ccc(CN)cc1F. The smallest absolute Gasteiger partial charge is 0.128 e. The Morgan fingerprint density at radius 3 is 2.75 bits per heavy atom. The van der Waals surface area contributed by atoms with Crippen LogP contribution in [0.25, 0.3) is 0 Å². The molecular weight excluding hydrogens is 271 g/mol. The number of hydrogen-bond donors (Lipinski definition) is 1. The zero-order valence-electron chi connectivity index (χ0n) is 12.0. The van der Waals surface area contributed by atoms with Gasteiger partial charge in [0.15, 0.2) is 0 Å². The van der Waals surface area contributed by atoms with Gasteiger partial charge in [-0.25, -0.2) is 4.39 Å². The fourth-order valence-corrected chi connectivity index (χ4v) is 2.97. The van der Waals surface area contributed by atoms with Gasteiger partial charge in [0.2, 0.25) is 0 Å². The minimum absolute atomic E-state index is 0.164. The predicted octanol–water partition coefficient (Wildman–Crippen LogP) is 3.41. The van der Waals surface area contributed by atoms with Crippen LogP contribution in [0.1, 0.15) is 22.9 Å². The van der Waals surface area contributed by atoms with Crippen molar-refractivity contribution >= 4 is 11.3 Å². The van der Waals surface area contributed by atoms with Crippen molar-refractivity contribution in [3.05, 3.63) is 57.5 Å². The molecule has 1 heterocycles. The van der Waals surface area contributed by atoms with Crippen molar-refractivity contribution in [3.63, 3.8) is 0 Å². The van der Waals surface area contributed by atoms with E-state index in [2.05, 4.69) is 29.3 Å². The average Bonchev–Trinajstić information content (AvgIpc) is 2.93. The Balaban J connectivity index is 1.98. The summed E-state index contributed by atoms with van der Waals surface area (Å²) < 4.78 is 14.0. The van der Waals surface area contributed by atoms with Gasteiger partial charge in [0.1, 0.15) is 5.82 Å². The van der Waals surface area contributed by atoms with Gasteiger partial charge in [-0.3, -0.25) is 4.90 Å². The zero-order chi connectivity index (χ0) is 14.5. The molecule has 0 aliphatic heterocycles. The molecule has 0 spiro atoms. The van der Waals surface area contributed by atoms with Crippen LogP contribution in [0.5, 0.6) is 0 Å². The monoisotopic (exact) mass is 292 g/mol. The van der Waals surface area contributed by atoms with Gasteiger partial charge in [0, 0.05) is 29.6 Å². The second-order valence-corrected chi connectivity index (χ2v) is 6.21. The first-order valence-electron chi connectivity index (χ1n) is 6.80. The molecule has 2 N–H and O–H groups in total. The highest BCUT2D eigenvalue weighted by Gasteiger charge is 2.13. The standard InChI is InChI=1S/C16H21FN2S/c1-12(8-15-4-3-7-20-15)19(2)11-14-6-5-13(10-18)9-16(14)17/h3-7,9,12H,8,10-11,18H2,1-2H3. The largest absolute Gasteiger partial charge is 0.326 e. The lowest BCUT2D eigenvalue weighted by molar-refractivity contribution is 0.245. The lowest BCUT2D eigenvalue weighted by Crippen LogP contribution is -2.30. The molecule has 2 aromatic rings. The lowest BCUT2D eigenvalue weighted by Gasteiger charge is -2.24. The van der Waals surface area contributed by atoms with E-state index in [4.69, 9.17) is 5.73 Å². The quantitative estimate of drug-likeness (QED) is 0.884. The van der Waals surface area contributed by atoms with E-state index in [9.17, 15) is 4.39 Å². The molecule has 1 unspecified atom stereocenters. The average molecular weight is 292 g/mol. The summed E-state index contributed by atoms with van der Waals surface area (Å²) in [6.07, 6.45) is 0.997. The second-order valence-electron chi connectivity index (χ2n) is 5.18. The number of thiophene rings is 1. The molecule has 1 aromatic carbocycles. The van der Waals surface area contributed by atoms with Gasteiger partial charge in [-0.2, -0.15) is 0 Å². The summed E-state index contributed by atoms with van der Waals surface area (Å²) in [7, 11) is 2.04. The van der Waals surface area contributed by atoms with E-state index >= 15 is 0 Å². The van der Waals surface area contributed by atoms with E-state index in [1.165, 1.54) is 10.9 Å². The first-order chi connectivity index (χ1) is 9.60. The summed E-state index contributed by atoms with van der Waals surface area (Å²) in [5.41, 5.74) is 7.08. The van der Waals surface area contributed by atoms with Crippen LogP contribution in [-0.4, -0.2) is 18.0 Å². The minimum atomic E-state index is -0.164. The van der Waals surface area contributed by atoms with Crippen LogP contribution in [-0.2, 0) is 19.5 Å². The van der Waals surface area contributed by atoms with E-state index in [1.54, 1.807) is 11.3 Å². The number of hydrogen-bond acceptors (Lipinski definition) is 3. The maximum atomic E-state index is 14.0. The van der Waals surface area contributed by atoms with Gasteiger partial charge < -0.3 is 5.73 Å². The predicted molar refractivity (Wildman–Crippen MR) is 83.2 cm³/mol. The summed E-state index contributed by atoms with van der Waals surface area (Å²) in [6.45, 7) is 3.16.